The predicted octanol–water partition coefficient (Wildman–Crippen LogP) is 4.31. The SMILES string of the molecule is C=CCCCC(O)C1CCC2CCCCC2C1. The van der Waals surface area contributed by atoms with E-state index >= 15 is 0 Å². The van der Waals surface area contributed by atoms with Crippen LogP contribution in [-0.2, 0) is 0 Å². The second-order valence-electron chi connectivity index (χ2n) is 6.16. The van der Waals surface area contributed by atoms with Gasteiger partial charge in [-0.15, -0.1) is 6.58 Å². The molecule has 0 aliphatic heterocycles. The van der Waals surface area contributed by atoms with Gasteiger partial charge < -0.3 is 5.11 Å². The monoisotopic (exact) mass is 236 g/mol. The average Bonchev–Trinajstić information content (AvgIpc) is 2.38. The Balaban J connectivity index is 1.76. The Kier molecular flexibility index (Phi) is 5.09. The fraction of sp³-hybridized carbons (Fsp3) is 0.875. The lowest BCUT2D eigenvalue weighted by Crippen LogP contribution is -2.33. The van der Waals surface area contributed by atoms with Gasteiger partial charge in [0.05, 0.1) is 6.10 Å². The first-order valence-corrected chi connectivity index (χ1v) is 7.60. The van der Waals surface area contributed by atoms with Gasteiger partial charge in [-0.3, -0.25) is 0 Å². The van der Waals surface area contributed by atoms with E-state index in [1.807, 2.05) is 6.08 Å². The molecule has 0 aromatic heterocycles. The minimum Gasteiger partial charge on any atom is -0.393 e. The highest BCUT2D eigenvalue weighted by Gasteiger charge is 2.34. The molecule has 0 radical (unpaired) electrons. The summed E-state index contributed by atoms with van der Waals surface area (Å²) in [7, 11) is 0. The predicted molar refractivity (Wildman–Crippen MR) is 72.8 cm³/mol. The fourth-order valence-corrected chi connectivity index (χ4v) is 3.97. The third kappa shape index (κ3) is 3.58. The maximum Gasteiger partial charge on any atom is 0.0568 e. The molecule has 2 fully saturated rings. The number of aliphatic hydroxyl groups excluding tert-OH is 1. The smallest absolute Gasteiger partial charge is 0.0568 e. The zero-order chi connectivity index (χ0) is 12.1. The summed E-state index contributed by atoms with van der Waals surface area (Å²) in [4.78, 5) is 0. The van der Waals surface area contributed by atoms with Crippen molar-refractivity contribution >= 4 is 0 Å². The number of aliphatic hydroxyl groups is 1. The topological polar surface area (TPSA) is 20.2 Å². The second kappa shape index (κ2) is 6.58. The van der Waals surface area contributed by atoms with Crippen LogP contribution >= 0.6 is 0 Å². The third-order valence-corrected chi connectivity index (χ3v) is 5.03. The first-order chi connectivity index (χ1) is 8.31. The van der Waals surface area contributed by atoms with Crippen molar-refractivity contribution in [1.29, 1.82) is 0 Å². The Morgan fingerprint density at radius 1 is 1.12 bits per heavy atom. The van der Waals surface area contributed by atoms with Crippen molar-refractivity contribution in [2.24, 2.45) is 17.8 Å². The van der Waals surface area contributed by atoms with Crippen molar-refractivity contribution in [1.82, 2.24) is 0 Å². The summed E-state index contributed by atoms with van der Waals surface area (Å²) >= 11 is 0. The molecule has 1 heteroatoms. The average molecular weight is 236 g/mol. The highest BCUT2D eigenvalue weighted by atomic mass is 16.3. The van der Waals surface area contributed by atoms with Crippen molar-refractivity contribution in [2.45, 2.75) is 70.3 Å². The summed E-state index contributed by atoms with van der Waals surface area (Å²) in [6.07, 6.45) is 14.8. The molecule has 0 amide bonds. The van der Waals surface area contributed by atoms with Gasteiger partial charge in [0.1, 0.15) is 0 Å². The van der Waals surface area contributed by atoms with Gasteiger partial charge in [-0.1, -0.05) is 31.8 Å². The Morgan fingerprint density at radius 2 is 1.88 bits per heavy atom. The standard InChI is InChI=1S/C16H28O/c1-2-3-4-9-16(17)15-11-10-13-7-5-6-8-14(13)12-15/h2,13-17H,1,3-12H2. The van der Waals surface area contributed by atoms with Crippen LogP contribution in [0.5, 0.6) is 0 Å². The normalized spacial score (nSPS) is 35.0. The van der Waals surface area contributed by atoms with E-state index < -0.39 is 0 Å². The number of hydrogen-bond donors (Lipinski definition) is 1. The van der Waals surface area contributed by atoms with Gasteiger partial charge in [-0.05, 0) is 56.3 Å². The molecule has 0 aromatic carbocycles. The molecule has 1 nitrogen and oxygen atoms in total. The van der Waals surface area contributed by atoms with Gasteiger partial charge >= 0.3 is 0 Å². The van der Waals surface area contributed by atoms with E-state index in [9.17, 15) is 5.11 Å². The van der Waals surface area contributed by atoms with Crippen molar-refractivity contribution in [3.63, 3.8) is 0 Å². The quantitative estimate of drug-likeness (QED) is 0.557. The Labute approximate surface area is 106 Å². The maximum absolute atomic E-state index is 10.3. The first-order valence-electron chi connectivity index (χ1n) is 7.60. The lowest BCUT2D eigenvalue weighted by atomic mass is 9.66. The maximum atomic E-state index is 10.3. The first kappa shape index (κ1) is 13.1. The van der Waals surface area contributed by atoms with E-state index in [0.29, 0.717) is 5.92 Å². The van der Waals surface area contributed by atoms with Gasteiger partial charge in [0.25, 0.3) is 0 Å². The van der Waals surface area contributed by atoms with Crippen molar-refractivity contribution in [2.75, 3.05) is 0 Å². The van der Waals surface area contributed by atoms with E-state index in [4.69, 9.17) is 0 Å². The van der Waals surface area contributed by atoms with E-state index in [2.05, 4.69) is 6.58 Å². The Morgan fingerprint density at radius 3 is 2.65 bits per heavy atom. The number of allylic oxidation sites excluding steroid dienone is 1. The fourth-order valence-electron chi connectivity index (χ4n) is 3.97. The molecule has 2 aliphatic carbocycles. The minimum absolute atomic E-state index is 0.0437. The molecule has 2 rings (SSSR count). The molecule has 98 valence electrons. The van der Waals surface area contributed by atoms with Crippen LogP contribution in [0.25, 0.3) is 0 Å². The van der Waals surface area contributed by atoms with E-state index in [0.717, 1.165) is 31.1 Å². The lowest BCUT2D eigenvalue weighted by molar-refractivity contribution is 0.0303. The summed E-state index contributed by atoms with van der Waals surface area (Å²) in [5.74, 6) is 2.54. The number of unbranched alkanes of at least 4 members (excludes halogenated alkanes) is 1. The summed E-state index contributed by atoms with van der Waals surface area (Å²) in [5, 5.41) is 10.3. The molecule has 2 aliphatic rings. The highest BCUT2D eigenvalue weighted by Crippen LogP contribution is 2.43. The van der Waals surface area contributed by atoms with Crippen LogP contribution in [0.4, 0.5) is 0 Å². The molecule has 4 atom stereocenters. The summed E-state index contributed by atoms with van der Waals surface area (Å²) in [5.41, 5.74) is 0. The van der Waals surface area contributed by atoms with Gasteiger partial charge in [0.15, 0.2) is 0 Å². The molecule has 4 unspecified atom stereocenters. The van der Waals surface area contributed by atoms with Gasteiger partial charge in [-0.2, -0.15) is 0 Å². The molecule has 1 N–H and O–H groups in total. The van der Waals surface area contributed by atoms with Crippen LogP contribution in [-0.4, -0.2) is 11.2 Å². The van der Waals surface area contributed by atoms with Crippen LogP contribution < -0.4 is 0 Å². The highest BCUT2D eigenvalue weighted by molar-refractivity contribution is 4.86. The lowest BCUT2D eigenvalue weighted by Gasteiger charge is -2.40. The van der Waals surface area contributed by atoms with E-state index in [-0.39, 0.29) is 6.10 Å². The van der Waals surface area contributed by atoms with E-state index in [1.165, 1.54) is 44.9 Å². The number of fused-ring (bicyclic) bond motifs is 1. The van der Waals surface area contributed by atoms with Crippen LogP contribution in [0.3, 0.4) is 0 Å². The van der Waals surface area contributed by atoms with E-state index in [1.54, 1.807) is 0 Å². The van der Waals surface area contributed by atoms with Crippen LogP contribution in [0.15, 0.2) is 12.7 Å². The summed E-state index contributed by atoms with van der Waals surface area (Å²) in [6, 6.07) is 0. The zero-order valence-corrected chi connectivity index (χ0v) is 11.1. The molecule has 0 bridgehead atoms. The molecule has 2 saturated carbocycles. The molecule has 0 spiro atoms. The van der Waals surface area contributed by atoms with Crippen LogP contribution in [0.1, 0.15) is 64.2 Å². The van der Waals surface area contributed by atoms with Crippen molar-refractivity contribution in [3.05, 3.63) is 12.7 Å². The van der Waals surface area contributed by atoms with Crippen LogP contribution in [0.2, 0.25) is 0 Å². The van der Waals surface area contributed by atoms with Crippen molar-refractivity contribution < 1.29 is 5.11 Å². The number of rotatable bonds is 5. The number of hydrogen-bond acceptors (Lipinski definition) is 1. The van der Waals surface area contributed by atoms with Crippen molar-refractivity contribution in [3.8, 4) is 0 Å². The minimum atomic E-state index is -0.0437. The largest absolute Gasteiger partial charge is 0.393 e. The molecule has 0 aromatic rings. The molecule has 0 saturated heterocycles. The molecule has 17 heavy (non-hydrogen) atoms. The third-order valence-electron chi connectivity index (χ3n) is 5.03. The molecular weight excluding hydrogens is 208 g/mol. The molecular formula is C16H28O. The second-order valence-corrected chi connectivity index (χ2v) is 6.16. The Hall–Kier alpha value is -0.300. The van der Waals surface area contributed by atoms with Gasteiger partial charge in [-0.25, -0.2) is 0 Å². The summed E-state index contributed by atoms with van der Waals surface area (Å²) in [6.45, 7) is 3.74. The van der Waals surface area contributed by atoms with Crippen LogP contribution in [0, 0.1) is 17.8 Å². The Bertz CT molecular complexity index is 236. The summed E-state index contributed by atoms with van der Waals surface area (Å²) < 4.78 is 0. The van der Waals surface area contributed by atoms with Gasteiger partial charge in [0, 0.05) is 0 Å². The molecule has 0 heterocycles. The van der Waals surface area contributed by atoms with Gasteiger partial charge in [0.2, 0.25) is 0 Å². The zero-order valence-electron chi connectivity index (χ0n) is 11.1.